The van der Waals surface area contributed by atoms with E-state index in [9.17, 15) is 4.79 Å². The van der Waals surface area contributed by atoms with Gasteiger partial charge < -0.3 is 19.1 Å². The Kier molecular flexibility index (Phi) is 4.51. The summed E-state index contributed by atoms with van der Waals surface area (Å²) in [5.74, 6) is 1.64. The lowest BCUT2D eigenvalue weighted by Crippen LogP contribution is -2.38. The van der Waals surface area contributed by atoms with Crippen molar-refractivity contribution in [2.24, 2.45) is 0 Å². The zero-order chi connectivity index (χ0) is 18.1. The molecule has 2 atom stereocenters. The molecule has 6 heteroatoms. The van der Waals surface area contributed by atoms with Crippen LogP contribution in [0.3, 0.4) is 0 Å². The van der Waals surface area contributed by atoms with Crippen LogP contribution in [0.15, 0.2) is 48.5 Å². The fourth-order valence-electron chi connectivity index (χ4n) is 3.66. The molecule has 0 spiro atoms. The number of rotatable bonds is 5. The van der Waals surface area contributed by atoms with Crippen LogP contribution in [-0.2, 0) is 15.3 Å². The van der Waals surface area contributed by atoms with Crippen LogP contribution in [0.5, 0.6) is 11.5 Å². The summed E-state index contributed by atoms with van der Waals surface area (Å²) in [6.45, 7) is 0.906. The molecule has 2 aromatic carbocycles. The van der Waals surface area contributed by atoms with Crippen LogP contribution in [-0.4, -0.2) is 37.2 Å². The van der Waals surface area contributed by atoms with Crippen molar-refractivity contribution >= 4 is 17.5 Å². The van der Waals surface area contributed by atoms with E-state index in [1.807, 2.05) is 53.4 Å². The van der Waals surface area contributed by atoms with Crippen LogP contribution in [0.1, 0.15) is 18.4 Å². The van der Waals surface area contributed by atoms with Crippen LogP contribution < -0.4 is 9.47 Å². The number of ether oxygens (including phenoxy) is 3. The molecule has 2 saturated heterocycles. The van der Waals surface area contributed by atoms with E-state index in [1.165, 1.54) is 0 Å². The topological polar surface area (TPSA) is 48.0 Å². The summed E-state index contributed by atoms with van der Waals surface area (Å²) in [4.78, 5) is 14.2. The van der Waals surface area contributed by atoms with Crippen molar-refractivity contribution in [3.05, 3.63) is 59.1 Å². The zero-order valence-corrected chi connectivity index (χ0v) is 15.2. The average molecular weight is 374 g/mol. The van der Waals surface area contributed by atoms with Crippen LogP contribution >= 0.6 is 11.6 Å². The lowest BCUT2D eigenvalue weighted by Gasteiger charge is -2.31. The molecule has 0 aliphatic carbocycles. The number of hydrogen-bond acceptors (Lipinski definition) is 4. The molecule has 5 nitrogen and oxygen atoms in total. The highest BCUT2D eigenvalue weighted by molar-refractivity contribution is 6.30. The summed E-state index contributed by atoms with van der Waals surface area (Å²) in [6, 6.07) is 14.9. The molecule has 1 amide bonds. The summed E-state index contributed by atoms with van der Waals surface area (Å²) in [5.41, 5.74) is 0.259. The number of carbonyl (C=O) groups is 1. The predicted octanol–water partition coefficient (Wildman–Crippen LogP) is 3.60. The number of methoxy groups -OCH3 is 1. The zero-order valence-electron chi connectivity index (χ0n) is 14.5. The van der Waals surface area contributed by atoms with E-state index in [0.29, 0.717) is 31.0 Å². The number of hydrogen-bond donors (Lipinski definition) is 0. The first-order valence-electron chi connectivity index (χ1n) is 8.62. The lowest BCUT2D eigenvalue weighted by atomic mass is 10.0. The van der Waals surface area contributed by atoms with Crippen LogP contribution in [0.4, 0.5) is 0 Å². The quantitative estimate of drug-likeness (QED) is 0.803. The molecule has 0 N–H and O–H groups in total. The largest absolute Gasteiger partial charge is 0.497 e. The van der Waals surface area contributed by atoms with Gasteiger partial charge in [0.25, 0.3) is 0 Å². The van der Waals surface area contributed by atoms with Crippen molar-refractivity contribution in [3.8, 4) is 11.5 Å². The van der Waals surface area contributed by atoms with E-state index in [2.05, 4.69) is 0 Å². The minimum absolute atomic E-state index is 0.117. The Morgan fingerprint density at radius 1 is 1.15 bits per heavy atom. The minimum Gasteiger partial charge on any atom is -0.497 e. The molecule has 2 fully saturated rings. The molecule has 4 rings (SSSR count). The van der Waals surface area contributed by atoms with E-state index in [-0.39, 0.29) is 12.0 Å². The first-order valence-corrected chi connectivity index (χ1v) is 9.00. The summed E-state index contributed by atoms with van der Waals surface area (Å²) in [7, 11) is 1.63. The Labute approximate surface area is 157 Å². The number of nitrogens with zero attached hydrogens (tertiary/aromatic N) is 1. The Hall–Kier alpha value is -2.24. The van der Waals surface area contributed by atoms with E-state index in [1.54, 1.807) is 7.11 Å². The second-order valence-electron chi connectivity index (χ2n) is 6.52. The standard InChI is InChI=1S/C20H20ClNO4/c1-24-16-6-8-17(9-7-16)25-13-18-12-22-19(23)10-11-20(22,26-18)14-2-4-15(21)5-3-14/h2-9,18H,10-13H2,1H3/t18-,20+/m0/s1. The number of benzene rings is 2. The van der Waals surface area contributed by atoms with Gasteiger partial charge >= 0.3 is 0 Å². The van der Waals surface area contributed by atoms with E-state index in [4.69, 9.17) is 25.8 Å². The van der Waals surface area contributed by atoms with Gasteiger partial charge in [0, 0.05) is 23.4 Å². The molecular weight excluding hydrogens is 354 g/mol. The monoisotopic (exact) mass is 373 g/mol. The average Bonchev–Trinajstić information content (AvgIpc) is 3.19. The van der Waals surface area contributed by atoms with Crippen LogP contribution in [0.2, 0.25) is 5.02 Å². The third-order valence-electron chi connectivity index (χ3n) is 4.95. The van der Waals surface area contributed by atoms with Crippen molar-refractivity contribution in [1.82, 2.24) is 4.90 Å². The third-order valence-corrected chi connectivity index (χ3v) is 5.21. The highest BCUT2D eigenvalue weighted by atomic mass is 35.5. The molecular formula is C20H20ClNO4. The summed E-state index contributed by atoms with van der Waals surface area (Å²) >= 11 is 6.01. The molecule has 0 unspecified atom stereocenters. The van der Waals surface area contributed by atoms with Gasteiger partial charge in [-0.2, -0.15) is 0 Å². The number of carbonyl (C=O) groups excluding carboxylic acids is 1. The molecule has 2 heterocycles. The second kappa shape index (κ2) is 6.82. The van der Waals surface area contributed by atoms with E-state index >= 15 is 0 Å². The van der Waals surface area contributed by atoms with Crippen molar-refractivity contribution in [2.45, 2.75) is 24.7 Å². The van der Waals surface area contributed by atoms with Gasteiger partial charge in [0.2, 0.25) is 5.91 Å². The van der Waals surface area contributed by atoms with Gasteiger partial charge in [-0.1, -0.05) is 23.7 Å². The maximum atomic E-state index is 12.4. The third kappa shape index (κ3) is 3.02. The number of fused-ring (bicyclic) bond motifs is 1. The fourth-order valence-corrected chi connectivity index (χ4v) is 3.79. The molecule has 0 bridgehead atoms. The fraction of sp³-hybridized carbons (Fsp3) is 0.350. The normalized spacial score (nSPS) is 24.6. The summed E-state index contributed by atoms with van der Waals surface area (Å²) in [6.07, 6.45) is 0.957. The van der Waals surface area contributed by atoms with Crippen molar-refractivity contribution in [2.75, 3.05) is 20.3 Å². The van der Waals surface area contributed by atoms with Crippen LogP contribution in [0.25, 0.3) is 0 Å². The smallest absolute Gasteiger partial charge is 0.225 e. The van der Waals surface area contributed by atoms with Gasteiger partial charge in [-0.05, 0) is 36.4 Å². The maximum Gasteiger partial charge on any atom is 0.225 e. The molecule has 26 heavy (non-hydrogen) atoms. The molecule has 2 aromatic rings. The number of amides is 1. The van der Waals surface area contributed by atoms with Gasteiger partial charge in [-0.3, -0.25) is 4.79 Å². The lowest BCUT2D eigenvalue weighted by molar-refractivity contribution is -0.140. The number of halogens is 1. The minimum atomic E-state index is -0.699. The van der Waals surface area contributed by atoms with Gasteiger partial charge in [0.1, 0.15) is 24.2 Å². The van der Waals surface area contributed by atoms with Gasteiger partial charge in [-0.15, -0.1) is 0 Å². The van der Waals surface area contributed by atoms with Crippen LogP contribution in [0, 0.1) is 0 Å². The first-order chi connectivity index (χ1) is 12.6. The molecule has 0 aromatic heterocycles. The van der Waals surface area contributed by atoms with Gasteiger partial charge in [-0.25, -0.2) is 0 Å². The Morgan fingerprint density at radius 2 is 1.85 bits per heavy atom. The Morgan fingerprint density at radius 3 is 2.54 bits per heavy atom. The maximum absolute atomic E-state index is 12.4. The van der Waals surface area contributed by atoms with Crippen molar-refractivity contribution in [1.29, 1.82) is 0 Å². The highest BCUT2D eigenvalue weighted by Crippen LogP contribution is 2.46. The summed E-state index contributed by atoms with van der Waals surface area (Å²) in [5, 5.41) is 0.665. The van der Waals surface area contributed by atoms with Gasteiger partial charge in [0.05, 0.1) is 13.7 Å². The molecule has 0 saturated carbocycles. The molecule has 136 valence electrons. The van der Waals surface area contributed by atoms with Crippen molar-refractivity contribution < 1.29 is 19.0 Å². The molecule has 2 aliphatic rings. The Bertz CT molecular complexity index is 792. The van der Waals surface area contributed by atoms with Gasteiger partial charge in [0.15, 0.2) is 5.72 Å². The SMILES string of the molecule is COc1ccc(OC[C@@H]2CN3C(=O)CC[C@]3(c3ccc(Cl)cc3)O2)cc1. The van der Waals surface area contributed by atoms with Crippen molar-refractivity contribution in [3.63, 3.8) is 0 Å². The van der Waals surface area contributed by atoms with E-state index < -0.39 is 5.72 Å². The Balaban J connectivity index is 1.48. The highest BCUT2D eigenvalue weighted by Gasteiger charge is 2.54. The predicted molar refractivity (Wildman–Crippen MR) is 97.4 cm³/mol. The summed E-state index contributed by atoms with van der Waals surface area (Å²) < 4.78 is 17.3. The molecule has 0 radical (unpaired) electrons. The first kappa shape index (κ1) is 17.2. The molecule has 2 aliphatic heterocycles. The second-order valence-corrected chi connectivity index (χ2v) is 6.96. The van der Waals surface area contributed by atoms with E-state index in [0.717, 1.165) is 17.1 Å².